The maximum absolute atomic E-state index is 11.5. The number of benzene rings is 1. The van der Waals surface area contributed by atoms with Gasteiger partial charge in [0.1, 0.15) is 0 Å². The van der Waals surface area contributed by atoms with E-state index < -0.39 is 4.75 Å². The summed E-state index contributed by atoms with van der Waals surface area (Å²) in [5.74, 6) is 0.0158. The predicted octanol–water partition coefficient (Wildman–Crippen LogP) is 2.09. The number of thiol groups is 1. The lowest BCUT2D eigenvalue weighted by atomic mass is 10.3. The monoisotopic (exact) mass is 193 g/mol. The summed E-state index contributed by atoms with van der Waals surface area (Å²) in [4.78, 5) is 11.5. The highest BCUT2D eigenvalue weighted by molar-refractivity contribution is 7.83. The lowest BCUT2D eigenvalue weighted by Gasteiger charge is -2.08. The van der Waals surface area contributed by atoms with Gasteiger partial charge in [-0.25, -0.2) is 0 Å². The van der Waals surface area contributed by atoms with Gasteiger partial charge in [-0.15, -0.1) is 0 Å². The van der Waals surface area contributed by atoms with E-state index in [0.29, 0.717) is 0 Å². The highest BCUT2D eigenvalue weighted by Gasteiger charge is 2.46. The number of hydrogen-bond acceptors (Lipinski definition) is 2. The van der Waals surface area contributed by atoms with Crippen LogP contribution in [0.15, 0.2) is 30.3 Å². The molecule has 0 bridgehead atoms. The summed E-state index contributed by atoms with van der Waals surface area (Å²) in [6, 6.07) is 9.46. The van der Waals surface area contributed by atoms with Gasteiger partial charge in [0.25, 0.3) is 0 Å². The van der Waals surface area contributed by atoms with Crippen LogP contribution in [0, 0.1) is 0 Å². The minimum atomic E-state index is -0.393. The Labute approximate surface area is 82.8 Å². The Morgan fingerprint density at radius 3 is 2.46 bits per heavy atom. The van der Waals surface area contributed by atoms with Crippen LogP contribution in [-0.4, -0.2) is 10.7 Å². The quantitative estimate of drug-likeness (QED) is 0.692. The van der Waals surface area contributed by atoms with E-state index in [1.54, 1.807) is 0 Å². The SMILES string of the molecule is O=C(Nc1ccccc1)C1(S)CC1. The second-order valence-electron chi connectivity index (χ2n) is 3.35. The predicted molar refractivity (Wildman–Crippen MR) is 56.0 cm³/mol. The van der Waals surface area contributed by atoms with Gasteiger partial charge in [0.15, 0.2) is 0 Å². The number of nitrogens with one attached hydrogen (secondary N) is 1. The molecule has 0 spiro atoms. The van der Waals surface area contributed by atoms with E-state index in [1.807, 2.05) is 30.3 Å². The molecular weight excluding hydrogens is 182 g/mol. The van der Waals surface area contributed by atoms with Gasteiger partial charge in [-0.2, -0.15) is 12.6 Å². The second-order valence-corrected chi connectivity index (χ2v) is 4.21. The van der Waals surface area contributed by atoms with E-state index in [-0.39, 0.29) is 5.91 Å². The molecule has 13 heavy (non-hydrogen) atoms. The number of para-hydroxylation sites is 1. The zero-order valence-corrected chi connectivity index (χ0v) is 8.05. The van der Waals surface area contributed by atoms with E-state index in [0.717, 1.165) is 18.5 Å². The van der Waals surface area contributed by atoms with Crippen LogP contribution in [0.3, 0.4) is 0 Å². The third kappa shape index (κ3) is 1.86. The maximum Gasteiger partial charge on any atom is 0.240 e. The average Bonchev–Trinajstić information content (AvgIpc) is 2.87. The van der Waals surface area contributed by atoms with Crippen molar-refractivity contribution >= 4 is 24.2 Å². The Balaban J connectivity index is 2.03. The van der Waals surface area contributed by atoms with Crippen LogP contribution in [-0.2, 0) is 4.79 Å². The minimum absolute atomic E-state index is 0.0158. The molecule has 2 rings (SSSR count). The van der Waals surface area contributed by atoms with Crippen LogP contribution in [0.1, 0.15) is 12.8 Å². The summed E-state index contributed by atoms with van der Waals surface area (Å²) in [7, 11) is 0. The summed E-state index contributed by atoms with van der Waals surface area (Å²) >= 11 is 4.28. The molecule has 0 aliphatic heterocycles. The number of carbonyl (C=O) groups is 1. The standard InChI is InChI=1S/C10H11NOS/c12-9(10(13)6-7-10)11-8-4-2-1-3-5-8/h1-5,13H,6-7H2,(H,11,12). The minimum Gasteiger partial charge on any atom is -0.325 e. The first-order chi connectivity index (χ1) is 6.21. The van der Waals surface area contributed by atoms with Gasteiger partial charge < -0.3 is 5.32 Å². The largest absolute Gasteiger partial charge is 0.325 e. The molecule has 1 saturated carbocycles. The van der Waals surface area contributed by atoms with Gasteiger partial charge in [-0.3, -0.25) is 4.79 Å². The van der Waals surface area contributed by atoms with Gasteiger partial charge >= 0.3 is 0 Å². The smallest absolute Gasteiger partial charge is 0.240 e. The van der Waals surface area contributed by atoms with Crippen LogP contribution >= 0.6 is 12.6 Å². The highest BCUT2D eigenvalue weighted by atomic mass is 32.1. The fourth-order valence-electron chi connectivity index (χ4n) is 1.11. The summed E-state index contributed by atoms with van der Waals surface area (Å²) in [6.45, 7) is 0. The molecule has 2 nitrogen and oxygen atoms in total. The molecule has 3 heteroatoms. The molecule has 0 aromatic heterocycles. The lowest BCUT2D eigenvalue weighted by molar-refractivity contribution is -0.116. The maximum atomic E-state index is 11.5. The van der Waals surface area contributed by atoms with E-state index >= 15 is 0 Å². The topological polar surface area (TPSA) is 29.1 Å². The third-order valence-electron chi connectivity index (χ3n) is 2.18. The second kappa shape index (κ2) is 3.07. The Kier molecular flexibility index (Phi) is 2.04. The van der Waals surface area contributed by atoms with E-state index in [9.17, 15) is 4.79 Å². The van der Waals surface area contributed by atoms with Crippen molar-refractivity contribution < 1.29 is 4.79 Å². The molecule has 1 aromatic carbocycles. The molecule has 1 aliphatic carbocycles. The van der Waals surface area contributed by atoms with Crippen LogP contribution < -0.4 is 5.32 Å². The molecule has 0 atom stereocenters. The van der Waals surface area contributed by atoms with Crippen LogP contribution in [0.4, 0.5) is 5.69 Å². The first kappa shape index (κ1) is 8.63. The summed E-state index contributed by atoms with van der Waals surface area (Å²) in [5, 5.41) is 2.83. The van der Waals surface area contributed by atoms with E-state index in [4.69, 9.17) is 0 Å². The number of carbonyl (C=O) groups excluding carboxylic acids is 1. The van der Waals surface area contributed by atoms with Gasteiger partial charge in [0.2, 0.25) is 5.91 Å². The normalized spacial score (nSPS) is 17.9. The van der Waals surface area contributed by atoms with Crippen molar-refractivity contribution in [2.24, 2.45) is 0 Å². The summed E-state index contributed by atoms with van der Waals surface area (Å²) in [6.07, 6.45) is 1.77. The van der Waals surface area contributed by atoms with Crippen molar-refractivity contribution in [3.05, 3.63) is 30.3 Å². The molecule has 0 saturated heterocycles. The number of hydrogen-bond donors (Lipinski definition) is 2. The third-order valence-corrected chi connectivity index (χ3v) is 2.83. The summed E-state index contributed by atoms with van der Waals surface area (Å²) < 4.78 is -0.393. The van der Waals surface area contributed by atoms with E-state index in [2.05, 4.69) is 17.9 Å². The lowest BCUT2D eigenvalue weighted by Crippen LogP contribution is -2.24. The zero-order valence-electron chi connectivity index (χ0n) is 7.16. The van der Waals surface area contributed by atoms with Crippen LogP contribution in [0.5, 0.6) is 0 Å². The number of anilines is 1. The molecule has 1 aromatic rings. The Morgan fingerprint density at radius 2 is 1.92 bits per heavy atom. The Hall–Kier alpha value is -0.960. The Bertz CT molecular complexity index is 319. The molecule has 68 valence electrons. The van der Waals surface area contributed by atoms with Crippen molar-refractivity contribution in [2.45, 2.75) is 17.6 Å². The van der Waals surface area contributed by atoms with Gasteiger partial charge in [-0.05, 0) is 25.0 Å². The first-order valence-electron chi connectivity index (χ1n) is 4.30. The van der Waals surface area contributed by atoms with Crippen LogP contribution in [0.25, 0.3) is 0 Å². The molecule has 1 aliphatic rings. The molecule has 0 heterocycles. The van der Waals surface area contributed by atoms with E-state index in [1.165, 1.54) is 0 Å². The zero-order chi connectivity index (χ0) is 9.31. The molecule has 1 fully saturated rings. The van der Waals surface area contributed by atoms with Crippen molar-refractivity contribution in [2.75, 3.05) is 5.32 Å². The van der Waals surface area contributed by atoms with Gasteiger partial charge in [-0.1, -0.05) is 18.2 Å². The van der Waals surface area contributed by atoms with Crippen molar-refractivity contribution in [3.8, 4) is 0 Å². The van der Waals surface area contributed by atoms with Gasteiger partial charge in [0.05, 0.1) is 4.75 Å². The Morgan fingerprint density at radius 1 is 1.31 bits per heavy atom. The van der Waals surface area contributed by atoms with Crippen molar-refractivity contribution in [1.29, 1.82) is 0 Å². The molecule has 1 amide bonds. The fraction of sp³-hybridized carbons (Fsp3) is 0.300. The molecule has 0 radical (unpaired) electrons. The molecular formula is C10H11NOS. The van der Waals surface area contributed by atoms with Crippen molar-refractivity contribution in [3.63, 3.8) is 0 Å². The molecule has 0 unspecified atom stereocenters. The molecule has 1 N–H and O–H groups in total. The van der Waals surface area contributed by atoms with Crippen molar-refractivity contribution in [1.82, 2.24) is 0 Å². The highest BCUT2D eigenvalue weighted by Crippen LogP contribution is 2.42. The van der Waals surface area contributed by atoms with Gasteiger partial charge in [0, 0.05) is 5.69 Å². The van der Waals surface area contributed by atoms with Crippen LogP contribution in [0.2, 0.25) is 0 Å². The number of amides is 1. The summed E-state index contributed by atoms with van der Waals surface area (Å²) in [5.41, 5.74) is 0.841. The average molecular weight is 193 g/mol. The fourth-order valence-corrected chi connectivity index (χ4v) is 1.28. The number of rotatable bonds is 2. The first-order valence-corrected chi connectivity index (χ1v) is 4.74.